The van der Waals surface area contributed by atoms with Gasteiger partial charge in [0.1, 0.15) is 0 Å². The summed E-state index contributed by atoms with van der Waals surface area (Å²) in [5.41, 5.74) is 4.05. The zero-order valence-corrected chi connectivity index (χ0v) is 14.5. The minimum absolute atomic E-state index is 0.0373. The van der Waals surface area contributed by atoms with Crippen molar-refractivity contribution in [3.05, 3.63) is 59.2 Å². The van der Waals surface area contributed by atoms with Crippen LogP contribution < -0.4 is 10.6 Å². The molecule has 0 aliphatic heterocycles. The van der Waals surface area contributed by atoms with Gasteiger partial charge in [-0.1, -0.05) is 31.5 Å². The van der Waals surface area contributed by atoms with E-state index in [0.717, 1.165) is 24.0 Å². The number of carbonyl (C=O) groups excluding carboxylic acids is 2. The van der Waals surface area contributed by atoms with Crippen molar-refractivity contribution in [3.63, 3.8) is 0 Å². The Bertz CT molecular complexity index is 738. The van der Waals surface area contributed by atoms with Crippen LogP contribution in [0.5, 0.6) is 0 Å². The van der Waals surface area contributed by atoms with E-state index in [1.54, 1.807) is 18.2 Å². The van der Waals surface area contributed by atoms with Crippen LogP contribution in [0.25, 0.3) is 0 Å². The molecule has 0 aromatic heterocycles. The molecular weight excluding hydrogens is 300 g/mol. The highest BCUT2D eigenvalue weighted by atomic mass is 16.2. The molecular formula is C20H24N2O2. The van der Waals surface area contributed by atoms with E-state index in [-0.39, 0.29) is 11.8 Å². The zero-order chi connectivity index (χ0) is 17.5. The lowest BCUT2D eigenvalue weighted by molar-refractivity contribution is -0.116. The number of hydrogen-bond acceptors (Lipinski definition) is 2. The second-order valence-corrected chi connectivity index (χ2v) is 5.95. The lowest BCUT2D eigenvalue weighted by Gasteiger charge is -2.13. The fraction of sp³-hybridized carbons (Fsp3) is 0.300. The maximum Gasteiger partial charge on any atom is 0.255 e. The van der Waals surface area contributed by atoms with Gasteiger partial charge in [0.15, 0.2) is 0 Å². The first-order valence-electron chi connectivity index (χ1n) is 8.28. The number of benzene rings is 2. The molecule has 0 fully saturated rings. The molecule has 0 saturated heterocycles. The van der Waals surface area contributed by atoms with E-state index in [4.69, 9.17) is 0 Å². The van der Waals surface area contributed by atoms with Gasteiger partial charge in [-0.25, -0.2) is 0 Å². The molecule has 0 unspecified atom stereocenters. The van der Waals surface area contributed by atoms with Crippen molar-refractivity contribution >= 4 is 23.2 Å². The van der Waals surface area contributed by atoms with Crippen LogP contribution in [0.3, 0.4) is 0 Å². The quantitative estimate of drug-likeness (QED) is 0.810. The van der Waals surface area contributed by atoms with Crippen molar-refractivity contribution in [1.29, 1.82) is 0 Å². The summed E-state index contributed by atoms with van der Waals surface area (Å²) in [5.74, 6) is -0.224. The van der Waals surface area contributed by atoms with Crippen LogP contribution in [0.4, 0.5) is 11.4 Å². The molecule has 2 aromatic rings. The van der Waals surface area contributed by atoms with Crippen molar-refractivity contribution in [1.82, 2.24) is 0 Å². The van der Waals surface area contributed by atoms with Crippen LogP contribution in [0, 0.1) is 13.8 Å². The highest BCUT2D eigenvalue weighted by Crippen LogP contribution is 2.22. The molecule has 4 heteroatoms. The van der Waals surface area contributed by atoms with E-state index in [1.807, 2.05) is 45.0 Å². The average molecular weight is 324 g/mol. The van der Waals surface area contributed by atoms with Gasteiger partial charge < -0.3 is 10.6 Å². The monoisotopic (exact) mass is 324 g/mol. The molecule has 0 bridgehead atoms. The van der Waals surface area contributed by atoms with Crippen molar-refractivity contribution in [2.75, 3.05) is 10.6 Å². The normalized spacial score (nSPS) is 10.3. The summed E-state index contributed by atoms with van der Waals surface area (Å²) in [6.45, 7) is 6.04. The van der Waals surface area contributed by atoms with Crippen LogP contribution in [-0.2, 0) is 4.79 Å². The summed E-state index contributed by atoms with van der Waals surface area (Å²) >= 11 is 0. The number of rotatable bonds is 6. The Morgan fingerprint density at radius 1 is 0.917 bits per heavy atom. The maximum atomic E-state index is 12.5. The number of amides is 2. The molecule has 2 N–H and O–H groups in total. The Labute approximate surface area is 143 Å². The number of para-hydroxylation sites is 2. The Morgan fingerprint density at radius 2 is 1.58 bits per heavy atom. The molecule has 0 aliphatic carbocycles. The minimum atomic E-state index is -0.187. The standard InChI is InChI=1S/C20H24N2O2/c1-4-5-10-19(23)21-17-8-6-7-9-18(17)22-20(24)16-12-11-14(2)15(3)13-16/h6-9,11-13H,4-5,10H2,1-3H3,(H,21,23)(H,22,24). The molecule has 0 saturated carbocycles. The number of aryl methyl sites for hydroxylation is 2. The van der Waals surface area contributed by atoms with Gasteiger partial charge in [-0.3, -0.25) is 9.59 Å². The van der Waals surface area contributed by atoms with E-state index in [9.17, 15) is 9.59 Å². The van der Waals surface area contributed by atoms with Gasteiger partial charge in [-0.2, -0.15) is 0 Å². The van der Waals surface area contributed by atoms with Gasteiger partial charge >= 0.3 is 0 Å². The Kier molecular flexibility index (Phi) is 6.13. The summed E-state index contributed by atoms with van der Waals surface area (Å²) in [6.07, 6.45) is 2.30. The van der Waals surface area contributed by atoms with Gasteiger partial charge in [0.2, 0.25) is 5.91 Å². The largest absolute Gasteiger partial charge is 0.324 e. The summed E-state index contributed by atoms with van der Waals surface area (Å²) in [4.78, 5) is 24.4. The lowest BCUT2D eigenvalue weighted by Crippen LogP contribution is -2.16. The predicted octanol–water partition coefficient (Wildman–Crippen LogP) is 4.68. The second-order valence-electron chi connectivity index (χ2n) is 5.95. The predicted molar refractivity (Wildman–Crippen MR) is 98.5 cm³/mol. The average Bonchev–Trinajstić information content (AvgIpc) is 2.57. The van der Waals surface area contributed by atoms with Crippen molar-refractivity contribution in [3.8, 4) is 0 Å². The summed E-state index contributed by atoms with van der Waals surface area (Å²) in [7, 11) is 0. The van der Waals surface area contributed by atoms with E-state index >= 15 is 0 Å². The summed E-state index contributed by atoms with van der Waals surface area (Å²) in [6, 6.07) is 12.9. The summed E-state index contributed by atoms with van der Waals surface area (Å²) < 4.78 is 0. The fourth-order valence-corrected chi connectivity index (χ4v) is 2.33. The van der Waals surface area contributed by atoms with Crippen LogP contribution in [0.15, 0.2) is 42.5 Å². The number of carbonyl (C=O) groups is 2. The van der Waals surface area contributed by atoms with Gasteiger partial charge in [0.05, 0.1) is 11.4 Å². The molecule has 2 aromatic carbocycles. The van der Waals surface area contributed by atoms with E-state index in [0.29, 0.717) is 23.4 Å². The van der Waals surface area contributed by atoms with Gasteiger partial charge in [0.25, 0.3) is 5.91 Å². The Balaban J connectivity index is 2.13. The molecule has 0 atom stereocenters. The van der Waals surface area contributed by atoms with Crippen molar-refractivity contribution < 1.29 is 9.59 Å². The SMILES string of the molecule is CCCCC(=O)Nc1ccccc1NC(=O)c1ccc(C)c(C)c1. The highest BCUT2D eigenvalue weighted by molar-refractivity contribution is 6.07. The molecule has 2 rings (SSSR count). The molecule has 4 nitrogen and oxygen atoms in total. The van der Waals surface area contributed by atoms with Crippen molar-refractivity contribution in [2.24, 2.45) is 0 Å². The van der Waals surface area contributed by atoms with Crippen LogP contribution in [-0.4, -0.2) is 11.8 Å². The number of hydrogen-bond donors (Lipinski definition) is 2. The van der Waals surface area contributed by atoms with Crippen LogP contribution in [0.1, 0.15) is 47.7 Å². The highest BCUT2D eigenvalue weighted by Gasteiger charge is 2.11. The van der Waals surface area contributed by atoms with Gasteiger partial charge in [0, 0.05) is 12.0 Å². The van der Waals surface area contributed by atoms with Crippen LogP contribution >= 0.6 is 0 Å². The second kappa shape index (κ2) is 8.29. The Hall–Kier alpha value is -2.62. The van der Waals surface area contributed by atoms with E-state index < -0.39 is 0 Å². The first-order chi connectivity index (χ1) is 11.5. The van der Waals surface area contributed by atoms with E-state index in [1.165, 1.54) is 0 Å². The third-order valence-electron chi connectivity index (χ3n) is 3.98. The van der Waals surface area contributed by atoms with Crippen molar-refractivity contribution in [2.45, 2.75) is 40.0 Å². The number of unbranched alkanes of at least 4 members (excludes halogenated alkanes) is 1. The first-order valence-corrected chi connectivity index (χ1v) is 8.28. The molecule has 126 valence electrons. The molecule has 0 radical (unpaired) electrons. The first kappa shape index (κ1) is 17.7. The fourth-order valence-electron chi connectivity index (χ4n) is 2.33. The smallest absolute Gasteiger partial charge is 0.255 e. The molecule has 0 aliphatic rings. The molecule has 2 amide bonds. The third-order valence-corrected chi connectivity index (χ3v) is 3.98. The molecule has 0 heterocycles. The third kappa shape index (κ3) is 4.69. The van der Waals surface area contributed by atoms with Gasteiger partial charge in [-0.15, -0.1) is 0 Å². The van der Waals surface area contributed by atoms with E-state index in [2.05, 4.69) is 10.6 Å². The summed E-state index contributed by atoms with van der Waals surface area (Å²) in [5, 5.41) is 5.75. The number of anilines is 2. The lowest BCUT2D eigenvalue weighted by atomic mass is 10.1. The Morgan fingerprint density at radius 3 is 2.21 bits per heavy atom. The number of nitrogens with one attached hydrogen (secondary N) is 2. The zero-order valence-electron chi connectivity index (χ0n) is 14.5. The maximum absolute atomic E-state index is 12.5. The topological polar surface area (TPSA) is 58.2 Å². The van der Waals surface area contributed by atoms with Gasteiger partial charge in [-0.05, 0) is 55.7 Å². The molecule has 24 heavy (non-hydrogen) atoms. The molecule has 0 spiro atoms. The minimum Gasteiger partial charge on any atom is -0.324 e. The van der Waals surface area contributed by atoms with Crippen LogP contribution in [0.2, 0.25) is 0 Å².